The third kappa shape index (κ3) is 6.50. The van der Waals surface area contributed by atoms with E-state index >= 15 is 0 Å². The highest BCUT2D eigenvalue weighted by Crippen LogP contribution is 2.13. The van der Waals surface area contributed by atoms with Crippen molar-refractivity contribution in [2.75, 3.05) is 39.8 Å². The van der Waals surface area contributed by atoms with Crippen molar-refractivity contribution in [3.8, 4) is 0 Å². The molecule has 1 aromatic carbocycles. The van der Waals surface area contributed by atoms with E-state index in [0.717, 1.165) is 31.2 Å². The molecule has 1 aliphatic heterocycles. The van der Waals surface area contributed by atoms with Crippen LogP contribution in [0.4, 0.5) is 0 Å². The number of guanidine groups is 1. The van der Waals surface area contributed by atoms with E-state index in [9.17, 15) is 4.79 Å². The standard InChI is InChI=1S/C19H30ClN5O/c1-19(2,3)23-10-9-22-18(21-4)25-12-11-24(17(26)14-25)13-15-5-7-16(20)8-6-15/h5-8,23H,9-14H2,1-4H3,(H,21,22). The molecule has 0 aromatic heterocycles. The van der Waals surface area contributed by atoms with Gasteiger partial charge >= 0.3 is 0 Å². The van der Waals surface area contributed by atoms with E-state index in [1.807, 2.05) is 34.1 Å². The van der Waals surface area contributed by atoms with Crippen molar-refractivity contribution >= 4 is 23.5 Å². The lowest BCUT2D eigenvalue weighted by molar-refractivity contribution is -0.135. The van der Waals surface area contributed by atoms with Crippen LogP contribution < -0.4 is 10.6 Å². The summed E-state index contributed by atoms with van der Waals surface area (Å²) in [6.45, 7) is 10.4. The van der Waals surface area contributed by atoms with Gasteiger partial charge in [-0.1, -0.05) is 23.7 Å². The molecule has 1 heterocycles. The Hall–Kier alpha value is -1.79. The van der Waals surface area contributed by atoms with Crippen molar-refractivity contribution in [3.05, 3.63) is 34.9 Å². The molecule has 0 aliphatic carbocycles. The number of carbonyl (C=O) groups is 1. The van der Waals surface area contributed by atoms with Crippen LogP contribution in [0.1, 0.15) is 26.3 Å². The SMILES string of the molecule is CN=C(NCCNC(C)(C)C)N1CCN(Cc2ccc(Cl)cc2)C(=O)C1. The number of amides is 1. The Balaban J connectivity index is 1.82. The predicted octanol–water partition coefficient (Wildman–Crippen LogP) is 1.95. The summed E-state index contributed by atoms with van der Waals surface area (Å²) in [7, 11) is 1.75. The molecule has 1 amide bonds. The molecule has 6 nitrogen and oxygen atoms in total. The molecular formula is C19H30ClN5O. The Morgan fingerprint density at radius 2 is 1.88 bits per heavy atom. The fourth-order valence-corrected chi connectivity index (χ4v) is 2.94. The van der Waals surface area contributed by atoms with Crippen LogP contribution in [-0.4, -0.2) is 67.0 Å². The van der Waals surface area contributed by atoms with E-state index in [1.54, 1.807) is 7.05 Å². The first-order valence-electron chi connectivity index (χ1n) is 9.01. The number of nitrogens with zero attached hydrogens (tertiary/aromatic N) is 3. The molecule has 144 valence electrons. The van der Waals surface area contributed by atoms with Crippen molar-refractivity contribution in [2.24, 2.45) is 4.99 Å². The zero-order valence-electron chi connectivity index (χ0n) is 16.2. The van der Waals surface area contributed by atoms with Crippen LogP contribution in [0.2, 0.25) is 5.02 Å². The van der Waals surface area contributed by atoms with Gasteiger partial charge in [0.05, 0.1) is 6.54 Å². The molecule has 1 fully saturated rings. The number of aliphatic imine (C=N–C) groups is 1. The third-order valence-electron chi connectivity index (χ3n) is 4.18. The number of hydrogen-bond donors (Lipinski definition) is 2. The molecule has 1 aliphatic rings. The number of rotatable bonds is 5. The second kappa shape index (κ2) is 9.24. The molecular weight excluding hydrogens is 350 g/mol. The Labute approximate surface area is 161 Å². The van der Waals surface area contributed by atoms with E-state index in [-0.39, 0.29) is 11.4 Å². The van der Waals surface area contributed by atoms with Crippen LogP contribution in [-0.2, 0) is 11.3 Å². The van der Waals surface area contributed by atoms with Crippen LogP contribution in [0, 0.1) is 0 Å². The lowest BCUT2D eigenvalue weighted by Gasteiger charge is -2.36. The van der Waals surface area contributed by atoms with E-state index in [2.05, 4.69) is 36.4 Å². The van der Waals surface area contributed by atoms with E-state index in [0.29, 0.717) is 24.7 Å². The van der Waals surface area contributed by atoms with Crippen molar-refractivity contribution in [1.82, 2.24) is 20.4 Å². The van der Waals surface area contributed by atoms with Crippen molar-refractivity contribution < 1.29 is 4.79 Å². The van der Waals surface area contributed by atoms with Gasteiger partial charge < -0.3 is 20.4 Å². The summed E-state index contributed by atoms with van der Waals surface area (Å²) in [5, 5.41) is 7.47. The normalized spacial score (nSPS) is 16.2. The second-order valence-electron chi connectivity index (χ2n) is 7.51. The highest BCUT2D eigenvalue weighted by molar-refractivity contribution is 6.30. The minimum Gasteiger partial charge on any atom is -0.355 e. The molecule has 2 rings (SSSR count). The fourth-order valence-electron chi connectivity index (χ4n) is 2.81. The highest BCUT2D eigenvalue weighted by Gasteiger charge is 2.25. The zero-order chi connectivity index (χ0) is 19.2. The van der Waals surface area contributed by atoms with Crippen LogP contribution in [0.5, 0.6) is 0 Å². The summed E-state index contributed by atoms with van der Waals surface area (Å²) < 4.78 is 0. The van der Waals surface area contributed by atoms with Gasteiger partial charge in [-0.15, -0.1) is 0 Å². The van der Waals surface area contributed by atoms with Gasteiger partial charge in [-0.2, -0.15) is 0 Å². The summed E-state index contributed by atoms with van der Waals surface area (Å²) in [5.74, 6) is 0.891. The third-order valence-corrected chi connectivity index (χ3v) is 4.43. The molecule has 0 atom stereocenters. The summed E-state index contributed by atoms with van der Waals surface area (Å²) in [4.78, 5) is 20.7. The van der Waals surface area contributed by atoms with Crippen LogP contribution in [0.25, 0.3) is 0 Å². The van der Waals surface area contributed by atoms with E-state index in [4.69, 9.17) is 11.6 Å². The summed E-state index contributed by atoms with van der Waals surface area (Å²) in [5.41, 5.74) is 1.18. The average molecular weight is 380 g/mol. The van der Waals surface area contributed by atoms with Gasteiger partial charge in [-0.25, -0.2) is 0 Å². The summed E-state index contributed by atoms with van der Waals surface area (Å²) in [6, 6.07) is 7.64. The van der Waals surface area contributed by atoms with Crippen LogP contribution >= 0.6 is 11.6 Å². The number of carbonyl (C=O) groups excluding carboxylic acids is 1. The average Bonchev–Trinajstić information content (AvgIpc) is 2.58. The maximum absolute atomic E-state index is 12.5. The Bertz CT molecular complexity index is 624. The first-order chi connectivity index (χ1) is 12.3. The van der Waals surface area contributed by atoms with E-state index < -0.39 is 0 Å². The zero-order valence-corrected chi connectivity index (χ0v) is 16.9. The maximum Gasteiger partial charge on any atom is 0.242 e. The lowest BCUT2D eigenvalue weighted by atomic mass is 10.1. The lowest BCUT2D eigenvalue weighted by Crippen LogP contribution is -2.55. The molecule has 0 unspecified atom stereocenters. The quantitative estimate of drug-likeness (QED) is 0.466. The minimum atomic E-state index is 0.0917. The van der Waals surface area contributed by atoms with Gasteiger partial charge in [0.1, 0.15) is 0 Å². The number of hydrogen-bond acceptors (Lipinski definition) is 3. The number of nitrogens with one attached hydrogen (secondary N) is 2. The topological polar surface area (TPSA) is 60.0 Å². The predicted molar refractivity (Wildman–Crippen MR) is 108 cm³/mol. The highest BCUT2D eigenvalue weighted by atomic mass is 35.5. The van der Waals surface area contributed by atoms with Gasteiger partial charge in [0.15, 0.2) is 5.96 Å². The molecule has 2 N–H and O–H groups in total. The molecule has 0 saturated carbocycles. The Morgan fingerprint density at radius 3 is 2.46 bits per heavy atom. The van der Waals surface area contributed by atoms with Crippen LogP contribution in [0.3, 0.4) is 0 Å². The van der Waals surface area contributed by atoms with Gasteiger partial charge in [-0.3, -0.25) is 9.79 Å². The fraction of sp³-hybridized carbons (Fsp3) is 0.579. The summed E-state index contributed by atoms with van der Waals surface area (Å²) in [6.07, 6.45) is 0. The van der Waals surface area contributed by atoms with Gasteiger partial charge in [-0.05, 0) is 38.5 Å². The molecule has 1 aromatic rings. The number of piperazine rings is 1. The van der Waals surface area contributed by atoms with Gasteiger partial charge in [0.25, 0.3) is 0 Å². The maximum atomic E-state index is 12.5. The molecule has 0 radical (unpaired) electrons. The first kappa shape index (κ1) is 20.5. The van der Waals surface area contributed by atoms with Crippen molar-refractivity contribution in [3.63, 3.8) is 0 Å². The van der Waals surface area contributed by atoms with Gasteiger partial charge in [0, 0.05) is 50.3 Å². The summed E-state index contributed by atoms with van der Waals surface area (Å²) >= 11 is 5.92. The second-order valence-corrected chi connectivity index (χ2v) is 7.95. The Kier molecular flexibility index (Phi) is 7.29. The smallest absolute Gasteiger partial charge is 0.242 e. The number of benzene rings is 1. The minimum absolute atomic E-state index is 0.0917. The monoisotopic (exact) mass is 379 g/mol. The first-order valence-corrected chi connectivity index (χ1v) is 9.39. The van der Waals surface area contributed by atoms with E-state index in [1.165, 1.54) is 0 Å². The van der Waals surface area contributed by atoms with Crippen molar-refractivity contribution in [1.29, 1.82) is 0 Å². The molecule has 7 heteroatoms. The van der Waals surface area contributed by atoms with Crippen molar-refractivity contribution in [2.45, 2.75) is 32.9 Å². The molecule has 0 spiro atoms. The largest absolute Gasteiger partial charge is 0.355 e. The van der Waals surface area contributed by atoms with Crippen LogP contribution in [0.15, 0.2) is 29.3 Å². The van der Waals surface area contributed by atoms with Gasteiger partial charge in [0.2, 0.25) is 5.91 Å². The molecule has 1 saturated heterocycles. The number of halogens is 1. The molecule has 26 heavy (non-hydrogen) atoms. The Morgan fingerprint density at radius 1 is 1.19 bits per heavy atom. The molecule has 0 bridgehead atoms.